The van der Waals surface area contributed by atoms with Crippen LogP contribution in [0, 0.1) is 24.1 Å². The molecule has 0 saturated carbocycles. The summed E-state index contributed by atoms with van der Waals surface area (Å²) in [5, 5.41) is 16.7. The molecule has 2 N–H and O–H groups in total. The Bertz CT molecular complexity index is 1560. The van der Waals surface area contributed by atoms with Crippen molar-refractivity contribution in [3.8, 4) is 17.3 Å². The molecule has 1 atom stereocenters. The van der Waals surface area contributed by atoms with Crippen LogP contribution >= 0.6 is 0 Å². The quantitative estimate of drug-likeness (QED) is 0.366. The Kier molecular flexibility index (Phi) is 6.05. The molecule has 1 amide bonds. The summed E-state index contributed by atoms with van der Waals surface area (Å²) in [5.74, 6) is -1.76. The number of nitriles is 1. The first-order valence-electron chi connectivity index (χ1n) is 11.7. The molecule has 0 bridgehead atoms. The van der Waals surface area contributed by atoms with Crippen LogP contribution in [0.1, 0.15) is 29.3 Å². The van der Waals surface area contributed by atoms with Gasteiger partial charge in [-0.15, -0.1) is 0 Å². The van der Waals surface area contributed by atoms with Gasteiger partial charge < -0.3 is 15.2 Å². The Morgan fingerprint density at radius 3 is 2.79 bits per heavy atom. The molecule has 0 aliphatic carbocycles. The van der Waals surface area contributed by atoms with Crippen molar-refractivity contribution in [3.05, 3.63) is 60.1 Å². The van der Waals surface area contributed by atoms with E-state index in [4.69, 9.17) is 0 Å². The summed E-state index contributed by atoms with van der Waals surface area (Å²) < 4.78 is 55.2. The minimum absolute atomic E-state index is 0.115. The summed E-state index contributed by atoms with van der Waals surface area (Å²) >= 11 is 0. The van der Waals surface area contributed by atoms with Crippen molar-refractivity contribution in [3.63, 3.8) is 0 Å². The van der Waals surface area contributed by atoms with E-state index in [1.54, 1.807) is 28.2 Å². The van der Waals surface area contributed by atoms with Crippen LogP contribution in [-0.4, -0.2) is 55.9 Å². The second-order valence-electron chi connectivity index (χ2n) is 9.41. The van der Waals surface area contributed by atoms with Crippen molar-refractivity contribution in [2.24, 2.45) is 0 Å². The minimum atomic E-state index is -4.61. The van der Waals surface area contributed by atoms with Gasteiger partial charge in [0.2, 0.25) is 0 Å². The van der Waals surface area contributed by atoms with E-state index in [1.807, 2.05) is 11.4 Å². The van der Waals surface area contributed by atoms with Gasteiger partial charge in [-0.25, -0.2) is 14.4 Å². The number of anilines is 1. The smallest absolute Gasteiger partial charge is 0.364 e. The number of aryl methyl sites for hydroxylation is 1. The number of nitrogens with zero attached hydrogens (tertiary/aromatic N) is 6. The summed E-state index contributed by atoms with van der Waals surface area (Å²) in [6.07, 6.45) is 2.15. The number of rotatable bonds is 6. The summed E-state index contributed by atoms with van der Waals surface area (Å²) in [6, 6.07) is 4.33. The van der Waals surface area contributed by atoms with Crippen molar-refractivity contribution in [1.29, 1.82) is 5.26 Å². The number of aromatic nitrogens is 5. The van der Waals surface area contributed by atoms with Gasteiger partial charge in [0.15, 0.2) is 0 Å². The lowest BCUT2D eigenvalue weighted by Crippen LogP contribution is -2.63. The van der Waals surface area contributed by atoms with E-state index in [1.165, 1.54) is 19.3 Å². The van der Waals surface area contributed by atoms with Gasteiger partial charge in [0.05, 0.1) is 30.1 Å². The van der Waals surface area contributed by atoms with Crippen LogP contribution in [0.3, 0.4) is 0 Å². The largest absolute Gasteiger partial charge is 0.408 e. The monoisotopic (exact) mass is 526 g/mol. The maximum absolute atomic E-state index is 15.1. The van der Waals surface area contributed by atoms with Gasteiger partial charge in [-0.1, -0.05) is 0 Å². The zero-order valence-electron chi connectivity index (χ0n) is 20.3. The second kappa shape index (κ2) is 9.13. The van der Waals surface area contributed by atoms with E-state index in [2.05, 4.69) is 26.1 Å². The topological polar surface area (TPSA) is 116 Å². The fourth-order valence-electron chi connectivity index (χ4n) is 4.64. The van der Waals surface area contributed by atoms with Gasteiger partial charge in [0.25, 0.3) is 5.91 Å². The van der Waals surface area contributed by atoms with Crippen molar-refractivity contribution in [2.45, 2.75) is 38.0 Å². The molecule has 196 valence electrons. The molecule has 1 aliphatic rings. The molecule has 1 aromatic carbocycles. The van der Waals surface area contributed by atoms with E-state index in [-0.39, 0.29) is 30.8 Å². The van der Waals surface area contributed by atoms with Gasteiger partial charge in [-0.05, 0) is 37.6 Å². The normalized spacial score (nSPS) is 15.7. The SMILES string of the molecule is Cc1cc(N2CC(CC#N)(n3cc(-c4ncnc5[nH]ccc45)cn3)C2)c(F)cc1C(=O)NC(C)C(F)(F)F. The van der Waals surface area contributed by atoms with E-state index < -0.39 is 29.5 Å². The number of halogens is 4. The van der Waals surface area contributed by atoms with Crippen LogP contribution in [0.2, 0.25) is 0 Å². The molecule has 5 rings (SSSR count). The summed E-state index contributed by atoms with van der Waals surface area (Å²) in [6.45, 7) is 2.87. The van der Waals surface area contributed by atoms with Crippen LogP contribution in [0.25, 0.3) is 22.3 Å². The fourth-order valence-corrected chi connectivity index (χ4v) is 4.64. The number of amides is 1. The first kappa shape index (κ1) is 25.2. The third-order valence-electron chi connectivity index (χ3n) is 6.79. The molecule has 1 saturated heterocycles. The predicted octanol–water partition coefficient (Wildman–Crippen LogP) is 4.08. The number of H-pyrrole nitrogens is 1. The van der Waals surface area contributed by atoms with Gasteiger partial charge in [0.1, 0.15) is 29.4 Å². The number of benzene rings is 1. The number of hydrogen-bond donors (Lipinski definition) is 2. The molecule has 1 fully saturated rings. The van der Waals surface area contributed by atoms with Gasteiger partial charge in [0, 0.05) is 42.0 Å². The number of alkyl halides is 3. The molecule has 9 nitrogen and oxygen atoms in total. The highest BCUT2D eigenvalue weighted by molar-refractivity contribution is 5.96. The van der Waals surface area contributed by atoms with Crippen molar-refractivity contribution in [1.82, 2.24) is 30.0 Å². The molecule has 3 aromatic heterocycles. The maximum Gasteiger partial charge on any atom is 0.408 e. The first-order chi connectivity index (χ1) is 18.0. The standard InChI is InChI=1S/C25H22F4N8O/c1-14-7-20(19(26)8-18(14)23(38)35-15(2)25(27,28)29)36-11-24(12-36,4-5-30)37-10-16(9-34-37)21-17-3-6-31-22(17)33-13-32-21/h3,6-10,13,15H,4,11-12H2,1-2H3,(H,35,38)(H,31,32,33). The van der Waals surface area contributed by atoms with Crippen molar-refractivity contribution >= 4 is 22.6 Å². The Balaban J connectivity index is 1.37. The highest BCUT2D eigenvalue weighted by Gasteiger charge is 2.46. The van der Waals surface area contributed by atoms with Crippen LogP contribution in [0.5, 0.6) is 0 Å². The highest BCUT2D eigenvalue weighted by atomic mass is 19.4. The predicted molar refractivity (Wildman–Crippen MR) is 130 cm³/mol. The van der Waals surface area contributed by atoms with Crippen LogP contribution < -0.4 is 10.2 Å². The first-order valence-corrected chi connectivity index (χ1v) is 11.7. The third-order valence-corrected chi connectivity index (χ3v) is 6.79. The molecule has 0 spiro atoms. The lowest BCUT2D eigenvalue weighted by Gasteiger charge is -2.50. The summed E-state index contributed by atoms with van der Waals surface area (Å²) in [5.41, 5.74) is 1.71. The van der Waals surface area contributed by atoms with E-state index in [9.17, 15) is 23.2 Å². The molecule has 4 heterocycles. The lowest BCUT2D eigenvalue weighted by atomic mass is 9.86. The number of carbonyl (C=O) groups is 1. The Labute approximate surface area is 214 Å². The van der Waals surface area contributed by atoms with Crippen molar-refractivity contribution < 1.29 is 22.4 Å². The average Bonchev–Trinajstić information content (AvgIpc) is 3.52. The molecule has 0 radical (unpaired) electrons. The lowest BCUT2D eigenvalue weighted by molar-refractivity contribution is -0.149. The zero-order chi connectivity index (χ0) is 27.2. The third kappa shape index (κ3) is 4.31. The average molecular weight is 526 g/mol. The fraction of sp³-hybridized carbons (Fsp3) is 0.320. The molecule has 4 aromatic rings. The summed E-state index contributed by atoms with van der Waals surface area (Å²) in [7, 11) is 0. The Morgan fingerprint density at radius 2 is 2.08 bits per heavy atom. The molecular weight excluding hydrogens is 504 g/mol. The van der Waals surface area contributed by atoms with Gasteiger partial charge in [-0.3, -0.25) is 9.48 Å². The number of carbonyl (C=O) groups excluding carboxylic acids is 1. The summed E-state index contributed by atoms with van der Waals surface area (Å²) in [4.78, 5) is 25.6. The van der Waals surface area contributed by atoms with Crippen LogP contribution in [0.15, 0.2) is 43.1 Å². The molecule has 1 aliphatic heterocycles. The molecule has 38 heavy (non-hydrogen) atoms. The van der Waals surface area contributed by atoms with Crippen LogP contribution in [0.4, 0.5) is 23.2 Å². The minimum Gasteiger partial charge on any atom is -0.364 e. The number of hydrogen-bond acceptors (Lipinski definition) is 6. The Morgan fingerprint density at radius 1 is 1.32 bits per heavy atom. The van der Waals surface area contributed by atoms with E-state index >= 15 is 4.39 Å². The van der Waals surface area contributed by atoms with Crippen molar-refractivity contribution in [2.75, 3.05) is 18.0 Å². The number of aromatic amines is 1. The number of fused-ring (bicyclic) bond motifs is 1. The maximum atomic E-state index is 15.1. The van der Waals surface area contributed by atoms with E-state index in [0.29, 0.717) is 16.9 Å². The zero-order valence-corrected chi connectivity index (χ0v) is 20.3. The van der Waals surface area contributed by atoms with Gasteiger partial charge >= 0.3 is 6.18 Å². The highest BCUT2D eigenvalue weighted by Crippen LogP contribution is 2.39. The second-order valence-corrected chi connectivity index (χ2v) is 9.41. The number of nitrogens with one attached hydrogen (secondary N) is 2. The van der Waals surface area contributed by atoms with E-state index in [0.717, 1.165) is 23.9 Å². The molecule has 1 unspecified atom stereocenters. The van der Waals surface area contributed by atoms with Gasteiger partial charge in [-0.2, -0.15) is 23.5 Å². The van der Waals surface area contributed by atoms with Crippen LogP contribution in [-0.2, 0) is 5.54 Å². The molecular formula is C25H22F4N8O. The Hall–Kier alpha value is -4.47. The molecule has 13 heteroatoms.